The van der Waals surface area contributed by atoms with Crippen LogP contribution in [0.5, 0.6) is 0 Å². The van der Waals surface area contributed by atoms with Crippen molar-refractivity contribution < 1.29 is 9.59 Å². The van der Waals surface area contributed by atoms with E-state index in [9.17, 15) is 14.4 Å². The van der Waals surface area contributed by atoms with Crippen LogP contribution < -0.4 is 10.5 Å². The molecule has 37 heavy (non-hydrogen) atoms. The summed E-state index contributed by atoms with van der Waals surface area (Å²) < 4.78 is 7.40. The Bertz CT molecular complexity index is 1530. The highest BCUT2D eigenvalue weighted by Gasteiger charge is 2.29. The van der Waals surface area contributed by atoms with Crippen molar-refractivity contribution in [2.75, 3.05) is 11.9 Å². The second kappa shape index (κ2) is 10.6. The van der Waals surface area contributed by atoms with Crippen LogP contribution in [0, 0.1) is 5.41 Å². The second-order valence-corrected chi connectivity index (χ2v) is 12.1. The summed E-state index contributed by atoms with van der Waals surface area (Å²) in [6.07, 6.45) is 3.15. The van der Waals surface area contributed by atoms with Crippen molar-refractivity contribution in [3.63, 3.8) is 0 Å². The number of rotatable bonds is 8. The Morgan fingerprint density at radius 2 is 1.95 bits per heavy atom. The third-order valence-electron chi connectivity index (χ3n) is 5.63. The van der Waals surface area contributed by atoms with Crippen molar-refractivity contribution in [2.24, 2.45) is 5.41 Å². The van der Waals surface area contributed by atoms with Crippen LogP contribution in [0.1, 0.15) is 45.7 Å². The summed E-state index contributed by atoms with van der Waals surface area (Å²) in [5.74, 6) is 0.0887. The molecule has 0 aliphatic rings. The zero-order chi connectivity index (χ0) is 26.9. The third kappa shape index (κ3) is 5.66. The molecule has 0 radical (unpaired) electrons. The van der Waals surface area contributed by atoms with Gasteiger partial charge in [0.05, 0.1) is 28.0 Å². The van der Waals surface area contributed by atoms with Gasteiger partial charge in [-0.05, 0) is 35.8 Å². The molecule has 8 nitrogen and oxygen atoms in total. The molecule has 0 N–H and O–H groups in total. The predicted octanol–water partition coefficient (Wildman–Crippen LogP) is 5.73. The SMILES string of the molecule is C=Cc1ccc(=O)n(CC(=O)c2ccns2)c1-c1cc(N(C)Cc2ccc(Cl)s2)n(C(=O)C(C)(C)C)n1. The van der Waals surface area contributed by atoms with Crippen LogP contribution in [0.4, 0.5) is 5.82 Å². The van der Waals surface area contributed by atoms with Gasteiger partial charge in [0, 0.05) is 41.2 Å². The van der Waals surface area contributed by atoms with Gasteiger partial charge < -0.3 is 4.90 Å². The van der Waals surface area contributed by atoms with Crippen LogP contribution in [-0.2, 0) is 13.1 Å². The Morgan fingerprint density at radius 3 is 2.54 bits per heavy atom. The van der Waals surface area contributed by atoms with Crippen LogP contribution >= 0.6 is 34.5 Å². The van der Waals surface area contributed by atoms with Gasteiger partial charge in [-0.15, -0.1) is 11.3 Å². The zero-order valence-electron chi connectivity index (χ0n) is 20.9. The summed E-state index contributed by atoms with van der Waals surface area (Å²) in [7, 11) is 1.86. The number of Topliss-reactive ketones (excluding diaryl/α,β-unsaturated/α-hetero) is 1. The van der Waals surface area contributed by atoms with Gasteiger partial charge in [0.15, 0.2) is 5.78 Å². The van der Waals surface area contributed by atoms with Crippen molar-refractivity contribution in [3.05, 3.63) is 79.2 Å². The van der Waals surface area contributed by atoms with E-state index in [0.29, 0.717) is 38.5 Å². The van der Waals surface area contributed by atoms with Crippen molar-refractivity contribution in [1.29, 1.82) is 0 Å². The van der Waals surface area contributed by atoms with E-state index in [-0.39, 0.29) is 23.8 Å². The van der Waals surface area contributed by atoms with E-state index in [4.69, 9.17) is 11.6 Å². The maximum absolute atomic E-state index is 13.4. The molecule has 0 amide bonds. The van der Waals surface area contributed by atoms with Crippen molar-refractivity contribution in [2.45, 2.75) is 33.9 Å². The van der Waals surface area contributed by atoms with E-state index >= 15 is 0 Å². The normalized spacial score (nSPS) is 11.5. The van der Waals surface area contributed by atoms with Crippen LogP contribution in [0.15, 0.2) is 54.0 Å². The zero-order valence-corrected chi connectivity index (χ0v) is 23.3. The van der Waals surface area contributed by atoms with E-state index in [0.717, 1.165) is 16.4 Å². The Kier molecular flexibility index (Phi) is 7.63. The molecule has 0 bridgehead atoms. The minimum absolute atomic E-state index is 0.197. The third-order valence-corrected chi connectivity index (χ3v) is 7.63. The van der Waals surface area contributed by atoms with Gasteiger partial charge in [0.2, 0.25) is 0 Å². The lowest BCUT2D eigenvalue weighted by atomic mass is 9.96. The number of thiophene rings is 1. The molecule has 0 aliphatic carbocycles. The van der Waals surface area contributed by atoms with E-state index in [1.165, 1.54) is 26.7 Å². The van der Waals surface area contributed by atoms with Gasteiger partial charge in [0.1, 0.15) is 11.5 Å². The molecular weight excluding hydrogens is 530 g/mol. The molecule has 4 rings (SSSR count). The fraction of sp³-hybridized carbons (Fsp3) is 0.269. The number of hydrogen-bond donors (Lipinski definition) is 0. The van der Waals surface area contributed by atoms with Gasteiger partial charge >= 0.3 is 0 Å². The van der Waals surface area contributed by atoms with Gasteiger partial charge in [0.25, 0.3) is 11.5 Å². The molecule has 11 heteroatoms. The van der Waals surface area contributed by atoms with Crippen LogP contribution in [0.3, 0.4) is 0 Å². The summed E-state index contributed by atoms with van der Waals surface area (Å²) >= 11 is 8.65. The fourth-order valence-electron chi connectivity index (χ4n) is 3.76. The minimum Gasteiger partial charge on any atom is -0.354 e. The molecule has 0 aliphatic heterocycles. The number of aromatic nitrogens is 4. The van der Waals surface area contributed by atoms with Gasteiger partial charge in [-0.1, -0.05) is 45.0 Å². The predicted molar refractivity (Wildman–Crippen MR) is 150 cm³/mol. The monoisotopic (exact) mass is 555 g/mol. The molecule has 4 aromatic rings. The highest BCUT2D eigenvalue weighted by atomic mass is 35.5. The number of pyridine rings is 1. The standard InChI is InChI=1S/C26H26ClN5O3S2/c1-6-16-7-10-23(34)31(15-19(33)20-11-12-28-37-20)24(16)18-13-22(32(29-18)25(35)26(2,3)4)30(5)14-17-8-9-21(27)36-17/h6-13H,1,14-15H2,2-5H3. The lowest BCUT2D eigenvalue weighted by molar-refractivity contribution is 0.0750. The van der Waals surface area contributed by atoms with Gasteiger partial charge in [-0.2, -0.15) is 9.78 Å². The number of halogens is 1. The number of ketones is 1. The molecule has 0 aromatic carbocycles. The first-order valence-corrected chi connectivity index (χ1v) is 13.4. The first-order chi connectivity index (χ1) is 17.5. The molecule has 0 saturated carbocycles. The molecular formula is C26H26ClN5O3S2. The molecule has 0 spiro atoms. The Morgan fingerprint density at radius 1 is 1.19 bits per heavy atom. The average molecular weight is 556 g/mol. The summed E-state index contributed by atoms with van der Waals surface area (Å²) in [4.78, 5) is 42.7. The van der Waals surface area contributed by atoms with E-state index in [1.54, 1.807) is 30.5 Å². The number of nitrogens with zero attached hydrogens (tertiary/aromatic N) is 5. The first kappa shape index (κ1) is 26.7. The summed E-state index contributed by atoms with van der Waals surface area (Å²) in [5, 5.41) is 4.67. The van der Waals surface area contributed by atoms with Crippen molar-refractivity contribution in [3.8, 4) is 11.4 Å². The highest BCUT2D eigenvalue weighted by molar-refractivity contribution is 7.16. The number of carbonyl (C=O) groups excluding carboxylic acids is 2. The van der Waals surface area contributed by atoms with E-state index in [1.807, 2.05) is 44.9 Å². The van der Waals surface area contributed by atoms with Crippen LogP contribution in [0.2, 0.25) is 4.34 Å². The average Bonchev–Trinajstić information content (AvgIpc) is 3.60. The summed E-state index contributed by atoms with van der Waals surface area (Å²) in [6.45, 7) is 9.65. The molecule has 0 atom stereocenters. The fourth-order valence-corrected chi connectivity index (χ4v) is 5.43. The lowest BCUT2D eigenvalue weighted by Gasteiger charge is -2.22. The van der Waals surface area contributed by atoms with Crippen LogP contribution in [0.25, 0.3) is 17.5 Å². The summed E-state index contributed by atoms with van der Waals surface area (Å²) in [5.41, 5.74) is 0.329. The van der Waals surface area contributed by atoms with Crippen molar-refractivity contribution in [1.82, 2.24) is 18.7 Å². The molecule has 0 unspecified atom stereocenters. The molecule has 0 saturated heterocycles. The number of hydrogen-bond acceptors (Lipinski definition) is 8. The maximum atomic E-state index is 13.4. The van der Waals surface area contributed by atoms with Crippen molar-refractivity contribution >= 4 is 58.1 Å². The molecule has 0 fully saturated rings. The Labute approximate surface area is 227 Å². The van der Waals surface area contributed by atoms with E-state index < -0.39 is 5.41 Å². The molecule has 192 valence electrons. The smallest absolute Gasteiger partial charge is 0.254 e. The highest BCUT2D eigenvalue weighted by Crippen LogP contribution is 2.31. The number of anilines is 1. The van der Waals surface area contributed by atoms with Gasteiger partial charge in [-0.3, -0.25) is 19.0 Å². The minimum atomic E-state index is -0.717. The molecule has 4 heterocycles. The second-order valence-electron chi connectivity index (χ2n) is 9.48. The Hall–Kier alpha value is -3.34. The van der Waals surface area contributed by atoms with E-state index in [2.05, 4.69) is 16.1 Å². The first-order valence-electron chi connectivity index (χ1n) is 11.4. The maximum Gasteiger partial charge on any atom is 0.254 e. The summed E-state index contributed by atoms with van der Waals surface area (Å²) in [6, 6.07) is 10.2. The number of carbonyl (C=O) groups is 2. The topological polar surface area (TPSA) is 90.1 Å². The largest absolute Gasteiger partial charge is 0.354 e. The quantitative estimate of drug-likeness (QED) is 0.258. The Balaban J connectivity index is 1.86. The lowest BCUT2D eigenvalue weighted by Crippen LogP contribution is -2.31. The van der Waals surface area contributed by atoms with Crippen LogP contribution in [-0.4, -0.2) is 37.5 Å². The van der Waals surface area contributed by atoms with Gasteiger partial charge in [-0.25, -0.2) is 4.37 Å². The molecule has 4 aromatic heterocycles.